The molecule has 10 nitrogen and oxygen atoms in total. The molecule has 0 radical (unpaired) electrons. The lowest BCUT2D eigenvalue weighted by Gasteiger charge is -2.11. The average Bonchev–Trinajstić information content (AvgIpc) is 3.52. The molecule has 212 valence electrons. The number of carbonyl (C=O) groups is 3. The Bertz CT molecular complexity index is 1260. The summed E-state index contributed by atoms with van der Waals surface area (Å²) in [4.78, 5) is 29.3. The summed E-state index contributed by atoms with van der Waals surface area (Å²) in [7, 11) is 0. The molecule has 1 unspecified atom stereocenters. The van der Waals surface area contributed by atoms with Crippen molar-refractivity contribution in [3.05, 3.63) is 59.8 Å². The molecule has 1 aliphatic heterocycles. The minimum atomic E-state index is -5.08. The van der Waals surface area contributed by atoms with Crippen LogP contribution in [0, 0.1) is 0 Å². The van der Waals surface area contributed by atoms with Crippen LogP contribution in [0.3, 0.4) is 0 Å². The Hall–Kier alpha value is -4.18. The number of nitrogens with one attached hydrogen (secondary N) is 2. The van der Waals surface area contributed by atoms with Crippen molar-refractivity contribution < 1.29 is 50.9 Å². The Balaban J connectivity index is 0.000000317. The number of primary amides is 1. The molecule has 2 heterocycles. The molecule has 0 spiro atoms. The molecule has 2 aromatic carbocycles. The van der Waals surface area contributed by atoms with Gasteiger partial charge in [-0.05, 0) is 36.7 Å². The van der Waals surface area contributed by atoms with Crippen LogP contribution in [-0.2, 0) is 16.1 Å². The third-order valence-electron chi connectivity index (χ3n) is 5.14. The zero-order valence-electron chi connectivity index (χ0n) is 19.9. The van der Waals surface area contributed by atoms with E-state index in [0.29, 0.717) is 17.1 Å². The second-order valence-corrected chi connectivity index (χ2v) is 8.02. The van der Waals surface area contributed by atoms with E-state index in [-0.39, 0.29) is 0 Å². The van der Waals surface area contributed by atoms with E-state index in [9.17, 15) is 31.1 Å². The number of halogens is 6. The number of aromatic nitrogens is 2. The maximum absolute atomic E-state index is 11.5. The zero-order valence-corrected chi connectivity index (χ0v) is 19.9. The lowest BCUT2D eigenvalue weighted by molar-refractivity contribution is -0.193. The minimum absolute atomic E-state index is 0.447. The highest BCUT2D eigenvalue weighted by Gasteiger charge is 2.38. The monoisotopic (exact) mass is 563 g/mol. The summed E-state index contributed by atoms with van der Waals surface area (Å²) < 4.78 is 65.3. The maximum atomic E-state index is 11.5. The Morgan fingerprint density at radius 2 is 1.56 bits per heavy atom. The van der Waals surface area contributed by atoms with Crippen molar-refractivity contribution in [1.82, 2.24) is 20.4 Å². The molecule has 1 amide bonds. The molecule has 1 fully saturated rings. The van der Waals surface area contributed by atoms with E-state index in [2.05, 4.69) is 27.9 Å². The number of hydrogen-bond donors (Lipinski definition) is 5. The maximum Gasteiger partial charge on any atom is 0.490 e. The number of aliphatic carboxylic acids is 2. The smallest absolute Gasteiger partial charge is 0.475 e. The van der Waals surface area contributed by atoms with Crippen LogP contribution >= 0.6 is 0 Å². The fourth-order valence-electron chi connectivity index (χ4n) is 3.23. The number of amides is 1. The molecule has 6 N–H and O–H groups in total. The fraction of sp³-hybridized carbons (Fsp3) is 0.304. The van der Waals surface area contributed by atoms with E-state index in [1.54, 1.807) is 10.7 Å². The summed E-state index contributed by atoms with van der Waals surface area (Å²) in [5.74, 6) is -5.97. The SMILES string of the molecule is NC(=O)c1cccc2cn(-c3ccc(CNC4CCNC4)cc3)nc12.O=C(O)C(F)(F)F.O=C(O)C(F)(F)F. The molecule has 16 heteroatoms. The van der Waals surface area contributed by atoms with Crippen molar-refractivity contribution in [3.63, 3.8) is 0 Å². The van der Waals surface area contributed by atoms with Gasteiger partial charge in [0.2, 0.25) is 0 Å². The van der Waals surface area contributed by atoms with E-state index in [1.165, 1.54) is 12.0 Å². The summed E-state index contributed by atoms with van der Waals surface area (Å²) in [5, 5.41) is 26.6. The topological polar surface area (TPSA) is 160 Å². The molecular weight excluding hydrogens is 540 g/mol. The Morgan fingerprint density at radius 3 is 2.03 bits per heavy atom. The van der Waals surface area contributed by atoms with Crippen LogP contribution in [-0.4, -0.2) is 69.3 Å². The van der Waals surface area contributed by atoms with Crippen LogP contribution in [0.15, 0.2) is 48.7 Å². The number of carbonyl (C=O) groups excluding carboxylic acids is 1. The number of benzene rings is 2. The van der Waals surface area contributed by atoms with Gasteiger partial charge in [-0.1, -0.05) is 24.3 Å². The molecule has 1 aliphatic rings. The van der Waals surface area contributed by atoms with Crippen molar-refractivity contribution in [1.29, 1.82) is 0 Å². The van der Waals surface area contributed by atoms with Crippen LogP contribution in [0.1, 0.15) is 22.3 Å². The molecule has 1 aromatic heterocycles. The molecule has 39 heavy (non-hydrogen) atoms. The first-order chi connectivity index (χ1) is 18.1. The van der Waals surface area contributed by atoms with Gasteiger partial charge >= 0.3 is 24.3 Å². The van der Waals surface area contributed by atoms with Crippen molar-refractivity contribution in [2.75, 3.05) is 13.1 Å². The summed E-state index contributed by atoms with van der Waals surface area (Å²) in [6, 6.07) is 14.3. The van der Waals surface area contributed by atoms with Crippen LogP contribution < -0.4 is 16.4 Å². The van der Waals surface area contributed by atoms with Crippen molar-refractivity contribution >= 4 is 28.7 Å². The van der Waals surface area contributed by atoms with Crippen LogP contribution in [0.2, 0.25) is 0 Å². The molecule has 0 saturated carbocycles. The number of hydrogen-bond acceptors (Lipinski definition) is 6. The molecule has 4 rings (SSSR count). The first-order valence-corrected chi connectivity index (χ1v) is 11.0. The summed E-state index contributed by atoms with van der Waals surface area (Å²) >= 11 is 0. The fourth-order valence-corrected chi connectivity index (χ4v) is 3.23. The van der Waals surface area contributed by atoms with E-state index < -0.39 is 30.2 Å². The molecule has 0 bridgehead atoms. The van der Waals surface area contributed by atoms with E-state index >= 15 is 0 Å². The third-order valence-corrected chi connectivity index (χ3v) is 5.14. The molecular formula is C23H23F6N5O5. The van der Waals surface area contributed by atoms with Gasteiger partial charge in [-0.2, -0.15) is 31.4 Å². The summed E-state index contributed by atoms with van der Waals surface area (Å²) in [6.45, 7) is 3.00. The van der Waals surface area contributed by atoms with Gasteiger partial charge in [0.05, 0.1) is 11.3 Å². The second kappa shape index (κ2) is 13.1. The minimum Gasteiger partial charge on any atom is -0.475 e. The molecule has 0 aliphatic carbocycles. The predicted molar refractivity (Wildman–Crippen MR) is 125 cm³/mol. The lowest BCUT2D eigenvalue weighted by Crippen LogP contribution is -2.30. The van der Waals surface area contributed by atoms with Gasteiger partial charge in [-0.3, -0.25) is 4.79 Å². The van der Waals surface area contributed by atoms with Gasteiger partial charge in [0.25, 0.3) is 5.91 Å². The highest BCUT2D eigenvalue weighted by atomic mass is 19.4. The van der Waals surface area contributed by atoms with E-state index in [0.717, 1.165) is 30.7 Å². The number of nitrogens with two attached hydrogens (primary N) is 1. The third kappa shape index (κ3) is 9.57. The van der Waals surface area contributed by atoms with Crippen molar-refractivity contribution in [2.45, 2.75) is 31.4 Å². The Labute approximate surface area is 216 Å². The van der Waals surface area contributed by atoms with Gasteiger partial charge in [0, 0.05) is 30.7 Å². The highest BCUT2D eigenvalue weighted by Crippen LogP contribution is 2.20. The normalized spacial score (nSPS) is 15.1. The van der Waals surface area contributed by atoms with Crippen LogP contribution in [0.4, 0.5) is 26.3 Å². The number of carboxylic acids is 2. The highest BCUT2D eigenvalue weighted by molar-refractivity contribution is 6.04. The van der Waals surface area contributed by atoms with Crippen LogP contribution in [0.25, 0.3) is 16.6 Å². The van der Waals surface area contributed by atoms with Gasteiger partial charge in [0.1, 0.15) is 5.52 Å². The van der Waals surface area contributed by atoms with Gasteiger partial charge < -0.3 is 26.6 Å². The van der Waals surface area contributed by atoms with E-state index in [1.807, 2.05) is 30.5 Å². The van der Waals surface area contributed by atoms with Gasteiger partial charge in [-0.15, -0.1) is 0 Å². The lowest BCUT2D eigenvalue weighted by atomic mass is 10.1. The summed E-state index contributed by atoms with van der Waals surface area (Å²) in [5.41, 5.74) is 8.71. The number of rotatable bonds is 5. The van der Waals surface area contributed by atoms with Crippen molar-refractivity contribution in [3.8, 4) is 5.69 Å². The zero-order chi connectivity index (χ0) is 29.4. The largest absolute Gasteiger partial charge is 0.490 e. The predicted octanol–water partition coefficient (Wildman–Crippen LogP) is 2.84. The first kappa shape index (κ1) is 31.0. The quantitative estimate of drug-likeness (QED) is 0.297. The number of carboxylic acid groups (broad SMARTS) is 2. The average molecular weight is 563 g/mol. The Kier molecular flexibility index (Phi) is 10.4. The second-order valence-electron chi connectivity index (χ2n) is 8.02. The molecule has 1 saturated heterocycles. The van der Waals surface area contributed by atoms with Gasteiger partial charge in [0.15, 0.2) is 0 Å². The summed E-state index contributed by atoms with van der Waals surface area (Å²) in [6.07, 6.45) is -7.07. The van der Waals surface area contributed by atoms with Gasteiger partial charge in [-0.25, -0.2) is 14.3 Å². The number of nitrogens with zero attached hydrogens (tertiary/aromatic N) is 2. The van der Waals surface area contributed by atoms with Crippen molar-refractivity contribution in [2.24, 2.45) is 5.73 Å². The molecule has 3 aromatic rings. The van der Waals surface area contributed by atoms with E-state index in [4.69, 9.17) is 25.5 Å². The Morgan fingerprint density at radius 1 is 1.00 bits per heavy atom. The first-order valence-electron chi connectivity index (χ1n) is 11.0. The number of alkyl halides is 6. The van der Waals surface area contributed by atoms with Crippen LogP contribution in [0.5, 0.6) is 0 Å². The number of fused-ring (bicyclic) bond motifs is 1. The standard InChI is InChI=1S/C19H21N5O.2C2HF3O2/c20-19(25)17-3-1-2-14-12-24(23-18(14)17)16-6-4-13(5-7-16)10-22-15-8-9-21-11-15;2*3-2(4,5)1(6)7/h1-7,12,15,21-22H,8-11H2,(H2,20,25);2*(H,6,7). The molecule has 1 atom stereocenters.